The third-order valence-electron chi connectivity index (χ3n) is 3.28. The monoisotopic (exact) mass is 382 g/mol. The summed E-state index contributed by atoms with van der Waals surface area (Å²) in [7, 11) is 0. The second-order valence-corrected chi connectivity index (χ2v) is 8.49. The number of rotatable bonds is 5. The molecule has 1 aromatic carbocycles. The number of hydrogen-bond donors (Lipinski definition) is 1. The van der Waals surface area contributed by atoms with E-state index in [0.29, 0.717) is 21.8 Å². The summed E-state index contributed by atoms with van der Waals surface area (Å²) in [6, 6.07) is 4.47. The lowest BCUT2D eigenvalue weighted by molar-refractivity contribution is -0.384. The van der Waals surface area contributed by atoms with Crippen LogP contribution in [0.1, 0.15) is 13.3 Å². The zero-order valence-corrected chi connectivity index (χ0v) is 15.2. The van der Waals surface area contributed by atoms with Crippen molar-refractivity contribution in [3.8, 4) is 0 Å². The van der Waals surface area contributed by atoms with Crippen molar-refractivity contribution in [2.24, 2.45) is 4.99 Å². The van der Waals surface area contributed by atoms with Crippen molar-refractivity contribution in [2.45, 2.75) is 18.6 Å². The molecular weight excluding hydrogens is 368 g/mol. The molecule has 0 unspecified atom stereocenters. The molecule has 0 bridgehead atoms. The topological polar surface area (TPSA) is 97.5 Å². The molecule has 0 radical (unpaired) electrons. The number of hydrogen-bond acceptors (Lipinski definition) is 8. The van der Waals surface area contributed by atoms with Gasteiger partial charge in [-0.15, -0.1) is 0 Å². The molecule has 2 heterocycles. The number of carbonyl (C=O) groups excluding carboxylic acids is 1. The molecule has 1 amide bonds. The van der Waals surface area contributed by atoms with Crippen molar-refractivity contribution in [3.05, 3.63) is 28.3 Å². The van der Waals surface area contributed by atoms with Gasteiger partial charge >= 0.3 is 0 Å². The molecule has 2 aromatic rings. The average Bonchev–Trinajstić information content (AvgIpc) is 3.20. The number of nitro groups is 1. The van der Waals surface area contributed by atoms with Gasteiger partial charge in [0.15, 0.2) is 5.13 Å². The Bertz CT molecular complexity index is 821. The molecule has 126 valence electrons. The number of nitrogens with one attached hydrogen (secondary N) is 1. The molecule has 7 nitrogen and oxygen atoms in total. The number of benzene rings is 1. The van der Waals surface area contributed by atoms with E-state index in [4.69, 9.17) is 0 Å². The summed E-state index contributed by atoms with van der Waals surface area (Å²) in [6.45, 7) is 2.76. The van der Waals surface area contributed by atoms with Gasteiger partial charge < -0.3 is 5.32 Å². The maximum atomic E-state index is 12.4. The Kier molecular flexibility index (Phi) is 5.36. The standard InChI is InChI=1S/C14H14N4O3S3/c1-2-10(24-14-15-5-6-22-14)12(19)17-13-16-9-4-3-8(18(20)21)7-11(9)23-13/h3-4,7,10H,2,5-6H2,1H3,(H,16,17,19)/t10-/m1/s1. The van der Waals surface area contributed by atoms with Crippen molar-refractivity contribution in [3.63, 3.8) is 0 Å². The summed E-state index contributed by atoms with van der Waals surface area (Å²) in [5.74, 6) is 0.850. The molecule has 24 heavy (non-hydrogen) atoms. The van der Waals surface area contributed by atoms with Gasteiger partial charge in [0.1, 0.15) is 4.38 Å². The summed E-state index contributed by atoms with van der Waals surface area (Å²) in [5, 5.41) is 13.9. The molecule has 0 fully saturated rings. The fraction of sp³-hybridized carbons (Fsp3) is 0.357. The minimum Gasteiger partial charge on any atom is -0.301 e. The van der Waals surface area contributed by atoms with Gasteiger partial charge in [-0.25, -0.2) is 4.98 Å². The molecule has 10 heteroatoms. The van der Waals surface area contributed by atoms with E-state index in [-0.39, 0.29) is 16.8 Å². The van der Waals surface area contributed by atoms with Crippen LogP contribution >= 0.6 is 34.9 Å². The first kappa shape index (κ1) is 17.2. The van der Waals surface area contributed by atoms with Crippen LogP contribution in [0.3, 0.4) is 0 Å². The van der Waals surface area contributed by atoms with Gasteiger partial charge in [0.2, 0.25) is 5.91 Å². The SMILES string of the molecule is CC[C@@H](SC1=NCCS1)C(=O)Nc1nc2ccc([N+](=O)[O-])cc2s1. The lowest BCUT2D eigenvalue weighted by Crippen LogP contribution is -2.25. The molecule has 0 saturated carbocycles. The zero-order valence-electron chi connectivity index (χ0n) is 12.7. The highest BCUT2D eigenvalue weighted by Crippen LogP contribution is 2.31. The summed E-state index contributed by atoms with van der Waals surface area (Å²) in [4.78, 5) is 31.5. The van der Waals surface area contributed by atoms with Crippen LogP contribution in [0.4, 0.5) is 10.8 Å². The van der Waals surface area contributed by atoms with Crippen LogP contribution in [0.15, 0.2) is 23.2 Å². The quantitative estimate of drug-likeness (QED) is 0.625. The Hall–Kier alpha value is -1.65. The first-order valence-electron chi connectivity index (χ1n) is 7.26. The summed E-state index contributed by atoms with van der Waals surface area (Å²) in [5.41, 5.74) is 0.652. The highest BCUT2D eigenvalue weighted by atomic mass is 32.2. The molecule has 3 rings (SSSR count). The van der Waals surface area contributed by atoms with Gasteiger partial charge in [0.25, 0.3) is 5.69 Å². The van der Waals surface area contributed by atoms with Gasteiger partial charge in [-0.05, 0) is 12.5 Å². The minimum atomic E-state index is -0.443. The number of anilines is 1. The number of non-ortho nitro benzene ring substituents is 1. The van der Waals surface area contributed by atoms with Crippen LogP contribution in [-0.2, 0) is 4.79 Å². The molecule has 0 spiro atoms. The third kappa shape index (κ3) is 3.87. The smallest absolute Gasteiger partial charge is 0.270 e. The number of aromatic nitrogens is 1. The highest BCUT2D eigenvalue weighted by molar-refractivity contribution is 8.39. The van der Waals surface area contributed by atoms with Crippen LogP contribution < -0.4 is 5.32 Å². The molecule has 1 atom stereocenters. The highest BCUT2D eigenvalue weighted by Gasteiger charge is 2.22. The number of fused-ring (bicyclic) bond motifs is 1. The third-order valence-corrected chi connectivity index (χ3v) is 6.78. The molecule has 0 aliphatic carbocycles. The van der Waals surface area contributed by atoms with Gasteiger partial charge in [0.05, 0.1) is 26.9 Å². The second-order valence-electron chi connectivity index (χ2n) is 4.93. The Labute approximate surface area is 150 Å². The fourth-order valence-corrected chi connectivity index (χ4v) is 5.15. The minimum absolute atomic E-state index is 0.0160. The average molecular weight is 382 g/mol. The number of amides is 1. The number of thioether (sulfide) groups is 2. The van der Waals surface area contributed by atoms with Crippen molar-refractivity contribution in [1.82, 2.24) is 4.98 Å². The van der Waals surface area contributed by atoms with Crippen molar-refractivity contribution in [1.29, 1.82) is 0 Å². The van der Waals surface area contributed by atoms with E-state index in [2.05, 4.69) is 15.3 Å². The van der Waals surface area contributed by atoms with Gasteiger partial charge in [-0.2, -0.15) is 0 Å². The lowest BCUT2D eigenvalue weighted by atomic mass is 10.3. The second kappa shape index (κ2) is 7.49. The molecular formula is C14H14N4O3S3. The Morgan fingerprint density at radius 3 is 3.04 bits per heavy atom. The number of aliphatic imine (C=N–C) groups is 1. The van der Waals surface area contributed by atoms with Crippen molar-refractivity contribution in [2.75, 3.05) is 17.6 Å². The molecule has 1 aliphatic rings. The van der Waals surface area contributed by atoms with Crippen molar-refractivity contribution >= 4 is 66.2 Å². The Balaban J connectivity index is 1.72. The summed E-state index contributed by atoms with van der Waals surface area (Å²) < 4.78 is 1.63. The van der Waals surface area contributed by atoms with E-state index < -0.39 is 4.92 Å². The van der Waals surface area contributed by atoms with E-state index >= 15 is 0 Å². The number of carbonyl (C=O) groups is 1. The van der Waals surface area contributed by atoms with Crippen LogP contribution in [0.2, 0.25) is 0 Å². The first-order chi connectivity index (χ1) is 11.6. The van der Waals surface area contributed by atoms with Crippen LogP contribution in [0.25, 0.3) is 10.2 Å². The van der Waals surface area contributed by atoms with E-state index in [0.717, 1.165) is 16.7 Å². The fourth-order valence-electron chi connectivity index (χ4n) is 2.10. The van der Waals surface area contributed by atoms with Gasteiger partial charge in [-0.3, -0.25) is 19.9 Å². The van der Waals surface area contributed by atoms with E-state index in [1.54, 1.807) is 17.8 Å². The Morgan fingerprint density at radius 1 is 1.54 bits per heavy atom. The molecule has 0 saturated heterocycles. The summed E-state index contributed by atoms with van der Waals surface area (Å²) in [6.07, 6.45) is 0.687. The summed E-state index contributed by atoms with van der Waals surface area (Å²) >= 11 is 4.39. The normalized spacial score (nSPS) is 15.3. The predicted octanol–water partition coefficient (Wildman–Crippen LogP) is 3.76. The molecule has 1 aromatic heterocycles. The maximum absolute atomic E-state index is 12.4. The first-order valence-corrected chi connectivity index (χ1v) is 9.94. The van der Waals surface area contributed by atoms with E-state index in [1.165, 1.54) is 35.2 Å². The lowest BCUT2D eigenvalue weighted by Gasteiger charge is -2.12. The van der Waals surface area contributed by atoms with Crippen LogP contribution in [0, 0.1) is 10.1 Å². The van der Waals surface area contributed by atoms with Gasteiger partial charge in [-0.1, -0.05) is 41.8 Å². The molecule has 1 N–H and O–H groups in total. The van der Waals surface area contributed by atoms with Crippen LogP contribution in [0.5, 0.6) is 0 Å². The van der Waals surface area contributed by atoms with E-state index in [9.17, 15) is 14.9 Å². The Morgan fingerprint density at radius 2 is 2.38 bits per heavy atom. The van der Waals surface area contributed by atoms with Crippen molar-refractivity contribution < 1.29 is 9.72 Å². The number of nitro benzene ring substituents is 1. The zero-order chi connectivity index (χ0) is 17.1. The molecule has 1 aliphatic heterocycles. The number of thiazole rings is 1. The maximum Gasteiger partial charge on any atom is 0.270 e. The van der Waals surface area contributed by atoms with E-state index in [1.807, 2.05) is 6.92 Å². The van der Waals surface area contributed by atoms with Gasteiger partial charge in [0, 0.05) is 17.9 Å². The number of nitrogens with zero attached hydrogens (tertiary/aromatic N) is 3. The predicted molar refractivity (Wildman–Crippen MR) is 101 cm³/mol. The largest absolute Gasteiger partial charge is 0.301 e. The van der Waals surface area contributed by atoms with Crippen LogP contribution in [-0.4, -0.2) is 37.7 Å².